The second kappa shape index (κ2) is 2.97. The van der Waals surface area contributed by atoms with Crippen LogP contribution in [0.2, 0.25) is 0 Å². The molecule has 4 heteroatoms. The van der Waals surface area contributed by atoms with Crippen LogP contribution in [0.15, 0.2) is 0 Å². The van der Waals surface area contributed by atoms with Gasteiger partial charge in [-0.3, -0.25) is 4.79 Å². The normalized spacial score (nSPS) is 41.1. The molecule has 2 fully saturated rings. The molecule has 4 nitrogen and oxygen atoms in total. The summed E-state index contributed by atoms with van der Waals surface area (Å²) in [6.45, 7) is 1.90. The number of carbonyl (C=O) groups excluding carboxylic acids is 2. The average Bonchev–Trinajstić information content (AvgIpc) is 2.38. The zero-order valence-corrected chi connectivity index (χ0v) is 8.29. The van der Waals surface area contributed by atoms with E-state index in [2.05, 4.69) is 0 Å². The van der Waals surface area contributed by atoms with Gasteiger partial charge in [0.15, 0.2) is 0 Å². The Hall–Kier alpha value is -1.06. The van der Waals surface area contributed by atoms with Gasteiger partial charge >= 0.3 is 6.09 Å². The highest BCUT2D eigenvalue weighted by Gasteiger charge is 2.48. The van der Waals surface area contributed by atoms with Crippen LogP contribution in [0.25, 0.3) is 0 Å². The monoisotopic (exact) mass is 197 g/mol. The van der Waals surface area contributed by atoms with Gasteiger partial charge < -0.3 is 10.5 Å². The predicted molar refractivity (Wildman–Crippen MR) is 49.5 cm³/mol. The first-order valence-electron chi connectivity index (χ1n) is 4.99. The van der Waals surface area contributed by atoms with Crippen molar-refractivity contribution in [2.75, 3.05) is 0 Å². The number of hydrogen-bond acceptors (Lipinski definition) is 3. The van der Waals surface area contributed by atoms with Gasteiger partial charge in [0, 0.05) is 12.8 Å². The summed E-state index contributed by atoms with van der Waals surface area (Å²) >= 11 is 0. The van der Waals surface area contributed by atoms with Crippen molar-refractivity contribution >= 4 is 11.9 Å². The van der Waals surface area contributed by atoms with E-state index in [1.807, 2.05) is 6.92 Å². The first kappa shape index (κ1) is 9.49. The molecular formula is C10H15NO3. The Kier molecular flexibility index (Phi) is 2.01. The van der Waals surface area contributed by atoms with Gasteiger partial charge in [-0.1, -0.05) is 0 Å². The second-order valence-corrected chi connectivity index (χ2v) is 4.75. The smallest absolute Gasteiger partial charge is 0.405 e. The van der Waals surface area contributed by atoms with Gasteiger partial charge in [-0.15, -0.1) is 0 Å². The molecule has 0 aromatic heterocycles. The maximum absolute atomic E-state index is 11.2. The molecule has 3 atom stereocenters. The molecule has 0 aromatic rings. The topological polar surface area (TPSA) is 69.4 Å². The first-order valence-corrected chi connectivity index (χ1v) is 4.99. The van der Waals surface area contributed by atoms with Crippen molar-refractivity contribution < 1.29 is 14.3 Å². The number of carbonyl (C=O) groups is 2. The lowest BCUT2D eigenvalue weighted by molar-refractivity contribution is -0.118. The maximum Gasteiger partial charge on any atom is 0.405 e. The SMILES string of the molecule is C[C@]1(OC(N)=O)C[C@H]2CC(=O)C[C@H]2C1. The van der Waals surface area contributed by atoms with Gasteiger partial charge in [-0.05, 0) is 31.6 Å². The lowest BCUT2D eigenvalue weighted by Gasteiger charge is -2.23. The van der Waals surface area contributed by atoms with E-state index in [-0.39, 0.29) is 0 Å². The average molecular weight is 197 g/mol. The molecule has 2 N–H and O–H groups in total. The Morgan fingerprint density at radius 2 is 1.93 bits per heavy atom. The minimum absolute atomic E-state index is 0.348. The Balaban J connectivity index is 2.02. The minimum Gasteiger partial charge on any atom is -0.443 e. The van der Waals surface area contributed by atoms with Crippen molar-refractivity contribution in [3.05, 3.63) is 0 Å². The van der Waals surface area contributed by atoms with Crippen LogP contribution in [-0.4, -0.2) is 17.5 Å². The summed E-state index contributed by atoms with van der Waals surface area (Å²) in [6, 6.07) is 0. The molecule has 0 spiro atoms. The Bertz CT molecular complexity index is 271. The van der Waals surface area contributed by atoms with Crippen molar-refractivity contribution in [3.8, 4) is 0 Å². The third-order valence-corrected chi connectivity index (χ3v) is 3.38. The number of primary amides is 1. The van der Waals surface area contributed by atoms with Gasteiger partial charge in [0.25, 0.3) is 0 Å². The summed E-state index contributed by atoms with van der Waals surface area (Å²) in [7, 11) is 0. The minimum atomic E-state index is -0.709. The second-order valence-electron chi connectivity index (χ2n) is 4.75. The zero-order valence-electron chi connectivity index (χ0n) is 8.29. The van der Waals surface area contributed by atoms with Gasteiger partial charge in [0.2, 0.25) is 0 Å². The standard InChI is InChI=1S/C10H15NO3/c1-10(14-9(11)13)4-6-2-8(12)3-7(6)5-10/h6-7H,2-5H2,1H3,(H2,11,13)/t6-,7+,10+. The van der Waals surface area contributed by atoms with Crippen molar-refractivity contribution in [2.45, 2.75) is 38.2 Å². The number of ketones is 1. The van der Waals surface area contributed by atoms with Gasteiger partial charge in [0.1, 0.15) is 11.4 Å². The van der Waals surface area contributed by atoms with E-state index >= 15 is 0 Å². The number of nitrogens with two attached hydrogens (primary N) is 1. The van der Waals surface area contributed by atoms with Crippen LogP contribution in [-0.2, 0) is 9.53 Å². The van der Waals surface area contributed by atoms with Crippen LogP contribution < -0.4 is 5.73 Å². The van der Waals surface area contributed by atoms with Crippen LogP contribution in [0.3, 0.4) is 0 Å². The molecule has 78 valence electrons. The summed E-state index contributed by atoms with van der Waals surface area (Å²) in [4.78, 5) is 21.8. The molecule has 0 bridgehead atoms. The Morgan fingerprint density at radius 3 is 2.36 bits per heavy atom. The number of fused-ring (bicyclic) bond motifs is 1. The molecule has 2 aliphatic carbocycles. The van der Waals surface area contributed by atoms with E-state index < -0.39 is 11.7 Å². The number of amides is 1. The third kappa shape index (κ3) is 1.61. The lowest BCUT2D eigenvalue weighted by atomic mass is 10.0. The fraction of sp³-hybridized carbons (Fsp3) is 0.800. The predicted octanol–water partition coefficient (Wildman–Crippen LogP) is 1.23. The van der Waals surface area contributed by atoms with Crippen LogP contribution in [0, 0.1) is 11.8 Å². The fourth-order valence-corrected chi connectivity index (χ4v) is 3.00. The Morgan fingerprint density at radius 1 is 1.43 bits per heavy atom. The van der Waals surface area contributed by atoms with Crippen molar-refractivity contribution in [3.63, 3.8) is 0 Å². The number of Topliss-reactive ketones (excluding diaryl/α,β-unsaturated/α-hetero) is 1. The van der Waals surface area contributed by atoms with E-state index in [9.17, 15) is 9.59 Å². The molecule has 14 heavy (non-hydrogen) atoms. The van der Waals surface area contributed by atoms with Crippen molar-refractivity contribution in [1.82, 2.24) is 0 Å². The Labute approximate surface area is 82.8 Å². The largest absolute Gasteiger partial charge is 0.443 e. The molecule has 1 amide bonds. The van der Waals surface area contributed by atoms with Crippen molar-refractivity contribution in [1.29, 1.82) is 0 Å². The number of rotatable bonds is 1. The first-order chi connectivity index (χ1) is 6.48. The van der Waals surface area contributed by atoms with E-state index in [0.717, 1.165) is 12.8 Å². The van der Waals surface area contributed by atoms with Crippen LogP contribution in [0.5, 0.6) is 0 Å². The third-order valence-electron chi connectivity index (χ3n) is 3.38. The van der Waals surface area contributed by atoms with E-state index in [0.29, 0.717) is 30.5 Å². The van der Waals surface area contributed by atoms with Crippen LogP contribution >= 0.6 is 0 Å². The van der Waals surface area contributed by atoms with Gasteiger partial charge in [-0.2, -0.15) is 0 Å². The van der Waals surface area contributed by atoms with Crippen LogP contribution in [0.4, 0.5) is 4.79 Å². The number of hydrogen-bond donors (Lipinski definition) is 1. The quantitative estimate of drug-likeness (QED) is 0.687. The summed E-state index contributed by atoms with van der Waals surface area (Å²) in [6.07, 6.45) is 2.17. The molecule has 0 unspecified atom stereocenters. The van der Waals surface area contributed by atoms with E-state index in [1.165, 1.54) is 0 Å². The molecule has 2 saturated carbocycles. The molecular weight excluding hydrogens is 182 g/mol. The maximum atomic E-state index is 11.2. The molecule has 2 rings (SSSR count). The molecule has 2 aliphatic rings. The summed E-state index contributed by atoms with van der Waals surface area (Å²) < 4.78 is 5.10. The fourth-order valence-electron chi connectivity index (χ4n) is 3.00. The molecule has 0 heterocycles. The zero-order chi connectivity index (χ0) is 10.3. The number of ether oxygens (including phenoxy) is 1. The highest BCUT2D eigenvalue weighted by Crippen LogP contribution is 2.48. The summed E-state index contributed by atoms with van der Waals surface area (Å²) in [5.74, 6) is 1.17. The van der Waals surface area contributed by atoms with Gasteiger partial charge in [-0.25, -0.2) is 4.79 Å². The van der Waals surface area contributed by atoms with E-state index in [4.69, 9.17) is 10.5 Å². The van der Waals surface area contributed by atoms with Crippen LogP contribution in [0.1, 0.15) is 32.6 Å². The van der Waals surface area contributed by atoms with Crippen molar-refractivity contribution in [2.24, 2.45) is 17.6 Å². The molecule has 0 saturated heterocycles. The highest BCUT2D eigenvalue weighted by atomic mass is 16.6. The molecule has 0 aromatic carbocycles. The molecule has 0 aliphatic heterocycles. The summed E-state index contributed by atoms with van der Waals surface area (Å²) in [5, 5.41) is 0. The summed E-state index contributed by atoms with van der Waals surface area (Å²) in [5.41, 5.74) is 4.58. The van der Waals surface area contributed by atoms with Gasteiger partial charge in [0.05, 0.1) is 0 Å². The van der Waals surface area contributed by atoms with E-state index in [1.54, 1.807) is 0 Å². The molecule has 0 radical (unpaired) electrons. The lowest BCUT2D eigenvalue weighted by Crippen LogP contribution is -2.32. The highest BCUT2D eigenvalue weighted by molar-refractivity contribution is 5.81.